The molecule has 0 amide bonds. The van der Waals surface area contributed by atoms with Crippen molar-refractivity contribution in [1.82, 2.24) is 5.32 Å². The molecule has 0 spiro atoms. The van der Waals surface area contributed by atoms with Gasteiger partial charge in [0.15, 0.2) is 0 Å². The summed E-state index contributed by atoms with van der Waals surface area (Å²) in [6, 6.07) is 4.63. The van der Waals surface area contributed by atoms with Gasteiger partial charge in [-0.25, -0.2) is 4.39 Å². The minimum atomic E-state index is -0.237. The van der Waals surface area contributed by atoms with Gasteiger partial charge in [-0.1, -0.05) is 15.9 Å². The first-order valence-corrected chi connectivity index (χ1v) is 5.09. The summed E-state index contributed by atoms with van der Waals surface area (Å²) in [7, 11) is 3.44. The Morgan fingerprint density at radius 2 is 2.29 bits per heavy atom. The Morgan fingerprint density at radius 3 is 2.86 bits per heavy atom. The number of benzene rings is 1. The van der Waals surface area contributed by atoms with E-state index in [1.807, 2.05) is 7.05 Å². The van der Waals surface area contributed by atoms with E-state index in [1.165, 1.54) is 12.1 Å². The van der Waals surface area contributed by atoms with Crippen molar-refractivity contribution in [3.8, 4) is 0 Å². The van der Waals surface area contributed by atoms with Crippen LogP contribution < -0.4 is 5.32 Å². The van der Waals surface area contributed by atoms with Crippen LogP contribution in [0.25, 0.3) is 0 Å². The van der Waals surface area contributed by atoms with Gasteiger partial charge in [0.25, 0.3) is 0 Å². The van der Waals surface area contributed by atoms with Crippen LogP contribution in [0.4, 0.5) is 4.39 Å². The third-order valence-electron chi connectivity index (χ3n) is 2.02. The molecule has 1 aromatic rings. The van der Waals surface area contributed by atoms with Crippen LogP contribution in [-0.4, -0.2) is 20.8 Å². The lowest BCUT2D eigenvalue weighted by Crippen LogP contribution is -2.21. The zero-order valence-electron chi connectivity index (χ0n) is 8.18. The van der Waals surface area contributed by atoms with Crippen LogP contribution in [0.2, 0.25) is 0 Å². The topological polar surface area (TPSA) is 21.3 Å². The molecule has 2 nitrogen and oxygen atoms in total. The highest BCUT2D eigenvalue weighted by molar-refractivity contribution is 9.10. The van der Waals surface area contributed by atoms with E-state index in [9.17, 15) is 4.39 Å². The van der Waals surface area contributed by atoms with E-state index in [2.05, 4.69) is 21.2 Å². The molecule has 4 heteroatoms. The molecular formula is C10H13BrFNO. The van der Waals surface area contributed by atoms with Crippen LogP contribution >= 0.6 is 15.9 Å². The highest BCUT2D eigenvalue weighted by Crippen LogP contribution is 2.24. The molecule has 0 bridgehead atoms. The second kappa shape index (κ2) is 5.44. The van der Waals surface area contributed by atoms with Crippen molar-refractivity contribution in [3.63, 3.8) is 0 Å². The number of methoxy groups -OCH3 is 1. The molecule has 0 saturated carbocycles. The molecule has 1 rings (SSSR count). The van der Waals surface area contributed by atoms with Crippen LogP contribution in [0.3, 0.4) is 0 Å². The molecule has 0 aliphatic carbocycles. The molecule has 0 heterocycles. The van der Waals surface area contributed by atoms with E-state index in [-0.39, 0.29) is 11.9 Å². The summed E-state index contributed by atoms with van der Waals surface area (Å²) in [5.74, 6) is -0.237. The highest BCUT2D eigenvalue weighted by Gasteiger charge is 2.12. The van der Waals surface area contributed by atoms with E-state index in [1.54, 1.807) is 13.2 Å². The van der Waals surface area contributed by atoms with Crippen molar-refractivity contribution >= 4 is 15.9 Å². The molecule has 1 aromatic carbocycles. The van der Waals surface area contributed by atoms with E-state index in [0.29, 0.717) is 6.61 Å². The minimum Gasteiger partial charge on any atom is -0.383 e. The van der Waals surface area contributed by atoms with Crippen LogP contribution in [0.15, 0.2) is 22.7 Å². The van der Waals surface area contributed by atoms with Crippen LogP contribution in [0.5, 0.6) is 0 Å². The van der Waals surface area contributed by atoms with Gasteiger partial charge in [-0.15, -0.1) is 0 Å². The summed E-state index contributed by atoms with van der Waals surface area (Å²) in [4.78, 5) is 0. The molecular weight excluding hydrogens is 249 g/mol. The minimum absolute atomic E-state index is 0.00470. The number of ether oxygens (including phenoxy) is 1. The second-order valence-electron chi connectivity index (χ2n) is 2.96. The zero-order chi connectivity index (χ0) is 10.6. The maximum atomic E-state index is 13.0. The summed E-state index contributed by atoms with van der Waals surface area (Å²) in [5.41, 5.74) is 0.870. The number of halogens is 2. The van der Waals surface area contributed by atoms with Gasteiger partial charge in [-0.05, 0) is 30.8 Å². The van der Waals surface area contributed by atoms with Gasteiger partial charge in [-0.2, -0.15) is 0 Å². The summed E-state index contributed by atoms with van der Waals surface area (Å²) in [6.07, 6.45) is 0. The molecule has 0 radical (unpaired) electrons. The first-order chi connectivity index (χ1) is 6.69. The summed E-state index contributed by atoms with van der Waals surface area (Å²) >= 11 is 3.38. The summed E-state index contributed by atoms with van der Waals surface area (Å²) in [5, 5.41) is 3.07. The molecule has 0 aliphatic heterocycles. The standard InChI is InChI=1S/C10H13BrFNO/c1-13-10(6-14-2)8-5-7(12)3-4-9(8)11/h3-5,10,13H,6H2,1-2H3. The smallest absolute Gasteiger partial charge is 0.123 e. The second-order valence-corrected chi connectivity index (χ2v) is 3.82. The third-order valence-corrected chi connectivity index (χ3v) is 2.74. The fourth-order valence-corrected chi connectivity index (χ4v) is 1.80. The fraction of sp³-hybridized carbons (Fsp3) is 0.400. The maximum absolute atomic E-state index is 13.0. The Bertz CT molecular complexity index is 306. The van der Waals surface area contributed by atoms with Crippen molar-refractivity contribution in [1.29, 1.82) is 0 Å². The van der Waals surface area contributed by atoms with E-state index >= 15 is 0 Å². The predicted molar refractivity (Wildman–Crippen MR) is 57.8 cm³/mol. The molecule has 0 saturated heterocycles. The van der Waals surface area contributed by atoms with Crippen molar-refractivity contribution in [2.45, 2.75) is 6.04 Å². The molecule has 0 fully saturated rings. The predicted octanol–water partition coefficient (Wildman–Crippen LogP) is 2.50. The number of hydrogen-bond acceptors (Lipinski definition) is 2. The average molecular weight is 262 g/mol. The van der Waals surface area contributed by atoms with Gasteiger partial charge in [0.2, 0.25) is 0 Å². The molecule has 1 N–H and O–H groups in total. The number of rotatable bonds is 4. The average Bonchev–Trinajstić information content (AvgIpc) is 2.18. The van der Waals surface area contributed by atoms with Gasteiger partial charge < -0.3 is 10.1 Å². The van der Waals surface area contributed by atoms with Crippen molar-refractivity contribution < 1.29 is 9.13 Å². The summed E-state index contributed by atoms with van der Waals surface area (Å²) < 4.78 is 18.9. The van der Waals surface area contributed by atoms with Crippen LogP contribution in [-0.2, 0) is 4.74 Å². The number of hydrogen-bond donors (Lipinski definition) is 1. The normalized spacial score (nSPS) is 12.9. The third kappa shape index (κ3) is 2.77. The molecule has 1 unspecified atom stereocenters. The summed E-state index contributed by atoms with van der Waals surface area (Å²) in [6.45, 7) is 0.512. The van der Waals surface area contributed by atoms with Crippen molar-refractivity contribution in [2.24, 2.45) is 0 Å². The first-order valence-electron chi connectivity index (χ1n) is 4.30. The molecule has 1 atom stereocenters. The molecule has 0 aromatic heterocycles. The number of likely N-dealkylation sites (N-methyl/N-ethyl adjacent to an activating group) is 1. The quantitative estimate of drug-likeness (QED) is 0.900. The largest absolute Gasteiger partial charge is 0.383 e. The van der Waals surface area contributed by atoms with Crippen molar-refractivity contribution in [2.75, 3.05) is 20.8 Å². The van der Waals surface area contributed by atoms with E-state index in [0.717, 1.165) is 10.0 Å². The fourth-order valence-electron chi connectivity index (χ4n) is 1.28. The SMILES string of the molecule is CNC(COC)c1cc(F)ccc1Br. The van der Waals surface area contributed by atoms with Gasteiger partial charge in [0.05, 0.1) is 12.6 Å². The Morgan fingerprint density at radius 1 is 1.57 bits per heavy atom. The number of nitrogens with one attached hydrogen (secondary N) is 1. The molecule has 78 valence electrons. The lowest BCUT2D eigenvalue weighted by Gasteiger charge is -2.17. The van der Waals surface area contributed by atoms with Gasteiger partial charge in [0.1, 0.15) is 5.82 Å². The monoisotopic (exact) mass is 261 g/mol. The Hall–Kier alpha value is -0.450. The van der Waals surface area contributed by atoms with Crippen LogP contribution in [0, 0.1) is 5.82 Å². The van der Waals surface area contributed by atoms with E-state index < -0.39 is 0 Å². The highest BCUT2D eigenvalue weighted by atomic mass is 79.9. The molecule has 14 heavy (non-hydrogen) atoms. The Balaban J connectivity index is 2.96. The van der Waals surface area contributed by atoms with Gasteiger partial charge >= 0.3 is 0 Å². The maximum Gasteiger partial charge on any atom is 0.123 e. The Kier molecular flexibility index (Phi) is 4.51. The van der Waals surface area contributed by atoms with E-state index in [4.69, 9.17) is 4.74 Å². The zero-order valence-corrected chi connectivity index (χ0v) is 9.77. The Labute approximate surface area is 91.6 Å². The lowest BCUT2D eigenvalue weighted by molar-refractivity contribution is 0.170. The van der Waals surface area contributed by atoms with Crippen LogP contribution in [0.1, 0.15) is 11.6 Å². The first kappa shape index (κ1) is 11.6. The lowest BCUT2D eigenvalue weighted by atomic mass is 10.1. The van der Waals surface area contributed by atoms with Gasteiger partial charge in [-0.3, -0.25) is 0 Å². The van der Waals surface area contributed by atoms with Crippen molar-refractivity contribution in [3.05, 3.63) is 34.1 Å². The molecule has 0 aliphatic rings. The van der Waals surface area contributed by atoms with Gasteiger partial charge in [0, 0.05) is 11.6 Å².